The van der Waals surface area contributed by atoms with E-state index in [2.05, 4.69) is 0 Å². The summed E-state index contributed by atoms with van der Waals surface area (Å²) in [6.45, 7) is 1.43. The van der Waals surface area contributed by atoms with E-state index < -0.39 is 17.7 Å². The van der Waals surface area contributed by atoms with Gasteiger partial charge in [-0.2, -0.15) is 0 Å². The zero-order valence-electron chi connectivity index (χ0n) is 18.4. The van der Waals surface area contributed by atoms with Crippen LogP contribution in [0.25, 0.3) is 5.76 Å². The Morgan fingerprint density at radius 1 is 1.09 bits per heavy atom. The van der Waals surface area contributed by atoms with Gasteiger partial charge in [0.15, 0.2) is 23.0 Å². The van der Waals surface area contributed by atoms with Crippen molar-refractivity contribution >= 4 is 17.4 Å². The highest BCUT2D eigenvalue weighted by atomic mass is 16.6. The smallest absolute Gasteiger partial charge is 0.295 e. The van der Waals surface area contributed by atoms with Gasteiger partial charge in [0.2, 0.25) is 0 Å². The van der Waals surface area contributed by atoms with Gasteiger partial charge >= 0.3 is 0 Å². The SMILES string of the molecule is COCCCN1C(=O)C(=O)/C(=C(/O)c2ccc3c(c2)OCCO3)C1c1ccc(O)c(OC)c1. The number of likely N-dealkylation sites (tertiary alicyclic amines) is 1. The van der Waals surface area contributed by atoms with Crippen molar-refractivity contribution in [3.05, 3.63) is 53.1 Å². The topological polar surface area (TPSA) is 115 Å². The number of fused-ring (bicyclic) bond motifs is 1. The Labute approximate surface area is 190 Å². The lowest BCUT2D eigenvalue weighted by Crippen LogP contribution is -2.31. The van der Waals surface area contributed by atoms with Crippen LogP contribution in [0.5, 0.6) is 23.0 Å². The van der Waals surface area contributed by atoms with Crippen LogP contribution in [-0.4, -0.2) is 67.4 Å². The minimum Gasteiger partial charge on any atom is -0.507 e. The number of aromatic hydroxyl groups is 1. The average molecular weight is 455 g/mol. The molecule has 0 aliphatic carbocycles. The van der Waals surface area contributed by atoms with E-state index in [0.717, 1.165) is 0 Å². The molecule has 9 nitrogen and oxygen atoms in total. The van der Waals surface area contributed by atoms with Crippen LogP contribution in [0.1, 0.15) is 23.6 Å². The number of ether oxygens (including phenoxy) is 4. The maximum atomic E-state index is 13.1. The molecule has 0 aromatic heterocycles. The molecule has 2 aromatic rings. The van der Waals surface area contributed by atoms with E-state index in [1.807, 2.05) is 0 Å². The quantitative estimate of drug-likeness (QED) is 0.283. The van der Waals surface area contributed by atoms with E-state index in [1.54, 1.807) is 37.4 Å². The monoisotopic (exact) mass is 455 g/mol. The van der Waals surface area contributed by atoms with E-state index in [0.29, 0.717) is 48.9 Å². The third-order valence-corrected chi connectivity index (χ3v) is 5.62. The highest BCUT2D eigenvalue weighted by Gasteiger charge is 2.46. The Kier molecular flexibility index (Phi) is 6.41. The van der Waals surface area contributed by atoms with Crippen LogP contribution in [0.4, 0.5) is 0 Å². The second kappa shape index (κ2) is 9.41. The molecule has 2 heterocycles. The third-order valence-electron chi connectivity index (χ3n) is 5.62. The van der Waals surface area contributed by atoms with Gasteiger partial charge in [-0.15, -0.1) is 0 Å². The molecular weight excluding hydrogens is 430 g/mol. The van der Waals surface area contributed by atoms with E-state index >= 15 is 0 Å². The van der Waals surface area contributed by atoms with E-state index in [-0.39, 0.29) is 29.4 Å². The van der Waals surface area contributed by atoms with Gasteiger partial charge in [-0.1, -0.05) is 6.07 Å². The summed E-state index contributed by atoms with van der Waals surface area (Å²) in [7, 11) is 2.96. The lowest BCUT2D eigenvalue weighted by atomic mass is 9.94. The van der Waals surface area contributed by atoms with Crippen LogP contribution in [0.15, 0.2) is 42.0 Å². The van der Waals surface area contributed by atoms with Gasteiger partial charge in [0.25, 0.3) is 11.7 Å². The number of aliphatic hydroxyl groups excluding tert-OH is 1. The van der Waals surface area contributed by atoms with Crippen molar-refractivity contribution in [2.75, 3.05) is 40.6 Å². The minimum absolute atomic E-state index is 0.0539. The molecule has 2 aliphatic heterocycles. The molecule has 1 saturated heterocycles. The largest absolute Gasteiger partial charge is 0.507 e. The minimum atomic E-state index is -0.871. The van der Waals surface area contributed by atoms with Crippen LogP contribution >= 0.6 is 0 Å². The molecule has 1 atom stereocenters. The standard InChI is InChI=1S/C24H25NO8/c1-30-9-3-8-25-21(14-4-6-16(26)18(12-14)31-2)20(23(28)24(25)29)22(27)15-5-7-17-19(13-15)33-11-10-32-17/h4-7,12-13,21,26-27H,3,8-11H2,1-2H3/b22-20+. The average Bonchev–Trinajstić information content (AvgIpc) is 3.08. The summed E-state index contributed by atoms with van der Waals surface area (Å²) >= 11 is 0. The van der Waals surface area contributed by atoms with Crippen molar-refractivity contribution in [3.8, 4) is 23.0 Å². The summed E-state index contributed by atoms with van der Waals surface area (Å²) < 4.78 is 21.4. The van der Waals surface area contributed by atoms with Gasteiger partial charge in [0.1, 0.15) is 19.0 Å². The number of benzene rings is 2. The zero-order chi connectivity index (χ0) is 23.5. The number of carbonyl (C=O) groups is 2. The molecule has 2 aromatic carbocycles. The number of phenolic OH excluding ortho intramolecular Hbond substituents is 1. The van der Waals surface area contributed by atoms with E-state index in [1.165, 1.54) is 18.1 Å². The van der Waals surface area contributed by atoms with Gasteiger partial charge in [-0.25, -0.2) is 0 Å². The molecule has 0 spiro atoms. The number of methoxy groups -OCH3 is 2. The third kappa shape index (κ3) is 4.19. The van der Waals surface area contributed by atoms with Gasteiger partial charge < -0.3 is 34.1 Å². The predicted molar refractivity (Wildman–Crippen MR) is 118 cm³/mol. The van der Waals surface area contributed by atoms with E-state index in [4.69, 9.17) is 18.9 Å². The Hall–Kier alpha value is -3.72. The summed E-state index contributed by atoms with van der Waals surface area (Å²) in [5, 5.41) is 21.2. The van der Waals surface area contributed by atoms with Gasteiger partial charge in [-0.3, -0.25) is 9.59 Å². The van der Waals surface area contributed by atoms with Crippen molar-refractivity contribution in [2.24, 2.45) is 0 Å². The van der Waals surface area contributed by atoms with Crippen molar-refractivity contribution < 1.29 is 38.7 Å². The highest BCUT2D eigenvalue weighted by Crippen LogP contribution is 2.42. The number of aliphatic hydroxyl groups is 1. The van der Waals surface area contributed by atoms with Gasteiger partial charge in [0, 0.05) is 25.8 Å². The fourth-order valence-electron chi connectivity index (χ4n) is 4.05. The second-order valence-corrected chi connectivity index (χ2v) is 7.63. The molecule has 4 rings (SSSR count). The first-order valence-corrected chi connectivity index (χ1v) is 10.5. The number of Topliss-reactive ketones (excluding diaryl/α,β-unsaturated/α-hetero) is 1. The maximum Gasteiger partial charge on any atom is 0.295 e. The zero-order valence-corrected chi connectivity index (χ0v) is 18.4. The number of hydrogen-bond acceptors (Lipinski definition) is 8. The Morgan fingerprint density at radius 2 is 1.85 bits per heavy atom. The first kappa shape index (κ1) is 22.5. The molecular formula is C24H25NO8. The van der Waals surface area contributed by atoms with Crippen molar-refractivity contribution in [1.29, 1.82) is 0 Å². The summed E-state index contributed by atoms with van der Waals surface area (Å²) in [5.41, 5.74) is 0.784. The first-order valence-electron chi connectivity index (χ1n) is 10.5. The normalized spacial score (nSPS) is 19.1. The van der Waals surface area contributed by atoms with Crippen molar-refractivity contribution in [2.45, 2.75) is 12.5 Å². The predicted octanol–water partition coefficient (Wildman–Crippen LogP) is 2.63. The molecule has 174 valence electrons. The van der Waals surface area contributed by atoms with Crippen LogP contribution < -0.4 is 14.2 Å². The number of amides is 1. The number of ketones is 1. The molecule has 0 saturated carbocycles. The summed E-state index contributed by atoms with van der Waals surface area (Å²) in [6.07, 6.45) is 0.499. The number of carbonyl (C=O) groups excluding carboxylic acids is 2. The molecule has 9 heteroatoms. The maximum absolute atomic E-state index is 13.1. The fraction of sp³-hybridized carbons (Fsp3) is 0.333. The number of rotatable bonds is 7. The highest BCUT2D eigenvalue weighted by molar-refractivity contribution is 6.46. The lowest BCUT2D eigenvalue weighted by molar-refractivity contribution is -0.140. The fourth-order valence-corrected chi connectivity index (χ4v) is 4.05. The van der Waals surface area contributed by atoms with Gasteiger partial charge in [-0.05, 0) is 42.3 Å². The Bertz CT molecular complexity index is 1110. The molecule has 0 radical (unpaired) electrons. The number of hydrogen-bond donors (Lipinski definition) is 2. The summed E-state index contributed by atoms with van der Waals surface area (Å²) in [5.74, 6) is -0.741. The Balaban J connectivity index is 1.83. The number of nitrogens with zero attached hydrogens (tertiary/aromatic N) is 1. The van der Waals surface area contributed by atoms with Crippen LogP contribution in [-0.2, 0) is 14.3 Å². The first-order chi connectivity index (χ1) is 16.0. The summed E-state index contributed by atoms with van der Waals surface area (Å²) in [6, 6.07) is 8.53. The molecule has 2 N–H and O–H groups in total. The molecule has 33 heavy (non-hydrogen) atoms. The van der Waals surface area contributed by atoms with Gasteiger partial charge in [0.05, 0.1) is 18.7 Å². The molecule has 1 fully saturated rings. The molecule has 0 bridgehead atoms. The van der Waals surface area contributed by atoms with Crippen LogP contribution in [0.2, 0.25) is 0 Å². The molecule has 2 aliphatic rings. The second-order valence-electron chi connectivity index (χ2n) is 7.63. The Morgan fingerprint density at radius 3 is 2.58 bits per heavy atom. The summed E-state index contributed by atoms with van der Waals surface area (Å²) in [4.78, 5) is 27.4. The molecule has 1 amide bonds. The van der Waals surface area contributed by atoms with Crippen molar-refractivity contribution in [1.82, 2.24) is 4.90 Å². The lowest BCUT2D eigenvalue weighted by Gasteiger charge is -2.26. The van der Waals surface area contributed by atoms with Crippen LogP contribution in [0.3, 0.4) is 0 Å². The molecule has 1 unspecified atom stereocenters. The number of phenols is 1. The van der Waals surface area contributed by atoms with Crippen LogP contribution in [0, 0.1) is 0 Å². The van der Waals surface area contributed by atoms with E-state index in [9.17, 15) is 19.8 Å². The van der Waals surface area contributed by atoms with Crippen molar-refractivity contribution in [3.63, 3.8) is 0 Å².